The van der Waals surface area contributed by atoms with E-state index in [0.29, 0.717) is 19.1 Å². The SMILES string of the molecule is C=C(F)C/C(=C\F)OC(F)(F)C1=C(F)C=C(C2OCC(C3CCCC3)CO2)C1. The molecule has 0 N–H and O–H groups in total. The Bertz CT molecular complexity index is 684. The number of halogens is 5. The number of hydrogen-bond donors (Lipinski definition) is 0. The Hall–Kier alpha value is -1.67. The zero-order valence-electron chi connectivity index (χ0n) is 15.4. The van der Waals surface area contributed by atoms with Crippen molar-refractivity contribution in [2.45, 2.75) is 50.9 Å². The van der Waals surface area contributed by atoms with Crippen molar-refractivity contribution in [3.05, 3.63) is 47.5 Å². The van der Waals surface area contributed by atoms with E-state index >= 15 is 0 Å². The van der Waals surface area contributed by atoms with Gasteiger partial charge in [0.1, 0.15) is 23.7 Å². The average Bonchev–Trinajstić information content (AvgIpc) is 3.30. The third-order valence-corrected chi connectivity index (χ3v) is 5.37. The van der Waals surface area contributed by atoms with Crippen molar-refractivity contribution in [1.29, 1.82) is 0 Å². The van der Waals surface area contributed by atoms with Gasteiger partial charge in [-0.3, -0.25) is 0 Å². The molecule has 0 amide bonds. The summed E-state index contributed by atoms with van der Waals surface area (Å²) in [5, 5.41) is 0. The zero-order chi connectivity index (χ0) is 20.3. The number of rotatable bonds is 7. The Balaban J connectivity index is 1.57. The fraction of sp³-hybridized carbons (Fsp3) is 0.600. The first-order chi connectivity index (χ1) is 13.3. The minimum absolute atomic E-state index is 0.210. The fourth-order valence-corrected chi connectivity index (χ4v) is 3.93. The molecule has 28 heavy (non-hydrogen) atoms. The highest BCUT2D eigenvalue weighted by Gasteiger charge is 2.44. The molecule has 3 aliphatic rings. The van der Waals surface area contributed by atoms with E-state index in [1.165, 1.54) is 12.8 Å². The summed E-state index contributed by atoms with van der Waals surface area (Å²) in [5.74, 6) is -2.43. The molecule has 1 heterocycles. The lowest BCUT2D eigenvalue weighted by Crippen LogP contribution is -2.36. The first kappa shape index (κ1) is 21.0. The van der Waals surface area contributed by atoms with E-state index in [4.69, 9.17) is 9.47 Å². The molecule has 1 saturated heterocycles. The van der Waals surface area contributed by atoms with Crippen molar-refractivity contribution < 1.29 is 36.2 Å². The maximum absolute atomic E-state index is 14.3. The van der Waals surface area contributed by atoms with Crippen LogP contribution in [0.25, 0.3) is 0 Å². The Kier molecular flexibility index (Phi) is 6.60. The lowest BCUT2D eigenvalue weighted by Gasteiger charge is -2.33. The molecular weight excluding hydrogens is 383 g/mol. The summed E-state index contributed by atoms with van der Waals surface area (Å²) in [7, 11) is 0. The van der Waals surface area contributed by atoms with Gasteiger partial charge in [0.25, 0.3) is 0 Å². The number of alkyl halides is 2. The molecule has 0 atom stereocenters. The fourth-order valence-electron chi connectivity index (χ4n) is 3.93. The molecule has 0 aromatic heterocycles. The Morgan fingerprint density at radius 3 is 2.43 bits per heavy atom. The van der Waals surface area contributed by atoms with Crippen LogP contribution in [0, 0.1) is 11.8 Å². The van der Waals surface area contributed by atoms with Crippen LogP contribution < -0.4 is 0 Å². The molecule has 156 valence electrons. The number of allylic oxidation sites excluding steroid dienone is 3. The van der Waals surface area contributed by atoms with Crippen LogP contribution in [-0.2, 0) is 14.2 Å². The monoisotopic (exact) mass is 406 g/mol. The van der Waals surface area contributed by atoms with Gasteiger partial charge in [-0.05, 0) is 17.6 Å². The summed E-state index contributed by atoms with van der Waals surface area (Å²) < 4.78 is 83.7. The van der Waals surface area contributed by atoms with Gasteiger partial charge in [-0.25, -0.2) is 13.2 Å². The van der Waals surface area contributed by atoms with E-state index in [-0.39, 0.29) is 17.8 Å². The maximum Gasteiger partial charge on any atom is 0.425 e. The van der Waals surface area contributed by atoms with Crippen LogP contribution in [0.5, 0.6) is 0 Å². The summed E-state index contributed by atoms with van der Waals surface area (Å²) in [4.78, 5) is 0. The highest BCUT2D eigenvalue weighted by molar-refractivity contribution is 5.39. The van der Waals surface area contributed by atoms with Gasteiger partial charge in [0.05, 0.1) is 25.2 Å². The predicted molar refractivity (Wildman–Crippen MR) is 92.1 cm³/mol. The summed E-state index contributed by atoms with van der Waals surface area (Å²) in [6.45, 7) is 3.73. The van der Waals surface area contributed by atoms with Crippen molar-refractivity contribution in [2.75, 3.05) is 13.2 Å². The topological polar surface area (TPSA) is 27.7 Å². The summed E-state index contributed by atoms with van der Waals surface area (Å²) in [5.41, 5.74) is -0.766. The van der Waals surface area contributed by atoms with Crippen LogP contribution in [0.1, 0.15) is 38.5 Å². The molecule has 0 radical (unpaired) electrons. The Morgan fingerprint density at radius 1 is 1.21 bits per heavy atom. The summed E-state index contributed by atoms with van der Waals surface area (Å²) in [6, 6.07) is 0. The van der Waals surface area contributed by atoms with Crippen molar-refractivity contribution in [3.8, 4) is 0 Å². The van der Waals surface area contributed by atoms with Crippen LogP contribution in [0.2, 0.25) is 0 Å². The van der Waals surface area contributed by atoms with Crippen LogP contribution >= 0.6 is 0 Å². The van der Waals surface area contributed by atoms with Crippen molar-refractivity contribution in [1.82, 2.24) is 0 Å². The molecule has 0 unspecified atom stereocenters. The van der Waals surface area contributed by atoms with E-state index in [1.54, 1.807) is 0 Å². The summed E-state index contributed by atoms with van der Waals surface area (Å²) in [6.07, 6.45) is -1.11. The normalized spacial score (nSPS) is 27.3. The Labute approximate surface area is 160 Å². The van der Waals surface area contributed by atoms with Gasteiger partial charge in [0, 0.05) is 12.3 Å². The first-order valence-corrected chi connectivity index (χ1v) is 9.32. The van der Waals surface area contributed by atoms with E-state index in [2.05, 4.69) is 11.3 Å². The second-order valence-electron chi connectivity index (χ2n) is 7.41. The highest BCUT2D eigenvalue weighted by Crippen LogP contribution is 2.43. The van der Waals surface area contributed by atoms with Gasteiger partial charge in [0.15, 0.2) is 6.29 Å². The third-order valence-electron chi connectivity index (χ3n) is 5.37. The first-order valence-electron chi connectivity index (χ1n) is 9.32. The molecule has 8 heteroatoms. The average molecular weight is 406 g/mol. The molecular formula is C20H23F5O3. The van der Waals surface area contributed by atoms with Crippen LogP contribution in [-0.4, -0.2) is 25.6 Å². The largest absolute Gasteiger partial charge is 0.431 e. The van der Waals surface area contributed by atoms with Crippen molar-refractivity contribution in [3.63, 3.8) is 0 Å². The second-order valence-corrected chi connectivity index (χ2v) is 7.41. The molecule has 1 saturated carbocycles. The van der Waals surface area contributed by atoms with Gasteiger partial charge in [-0.2, -0.15) is 8.78 Å². The zero-order valence-corrected chi connectivity index (χ0v) is 15.4. The minimum Gasteiger partial charge on any atom is -0.431 e. The standard InChI is InChI=1S/C20H23F5O3/c1-12(22)6-16(9-21)28-20(24,25)17-7-14(8-18(17)23)19-26-10-15(11-27-19)13-4-2-3-5-13/h8-9,13,15,19H,1-7,10-11H2/b16-9+. The van der Waals surface area contributed by atoms with Crippen molar-refractivity contribution >= 4 is 0 Å². The Morgan fingerprint density at radius 2 is 1.86 bits per heavy atom. The van der Waals surface area contributed by atoms with Crippen LogP contribution in [0.4, 0.5) is 22.0 Å². The summed E-state index contributed by atoms with van der Waals surface area (Å²) >= 11 is 0. The van der Waals surface area contributed by atoms with Gasteiger partial charge in [-0.1, -0.05) is 32.3 Å². The van der Waals surface area contributed by atoms with Crippen LogP contribution in [0.3, 0.4) is 0 Å². The molecule has 2 fully saturated rings. The molecule has 2 aliphatic carbocycles. The molecule has 0 aromatic rings. The van der Waals surface area contributed by atoms with E-state index in [9.17, 15) is 22.0 Å². The molecule has 3 rings (SSSR count). The van der Waals surface area contributed by atoms with E-state index in [1.807, 2.05) is 0 Å². The second kappa shape index (κ2) is 8.78. The lowest BCUT2D eigenvalue weighted by atomic mass is 9.91. The van der Waals surface area contributed by atoms with Crippen molar-refractivity contribution in [2.24, 2.45) is 11.8 Å². The quantitative estimate of drug-likeness (QED) is 0.383. The van der Waals surface area contributed by atoms with Gasteiger partial charge in [0.2, 0.25) is 0 Å². The maximum atomic E-state index is 14.3. The molecule has 0 spiro atoms. The molecule has 1 aliphatic heterocycles. The van der Waals surface area contributed by atoms with Gasteiger partial charge in [-0.15, -0.1) is 0 Å². The number of hydrogen-bond acceptors (Lipinski definition) is 3. The molecule has 0 aromatic carbocycles. The number of ether oxygens (including phenoxy) is 3. The smallest absolute Gasteiger partial charge is 0.425 e. The van der Waals surface area contributed by atoms with Gasteiger partial charge < -0.3 is 14.2 Å². The predicted octanol–water partition coefficient (Wildman–Crippen LogP) is 6.01. The molecule has 3 nitrogen and oxygen atoms in total. The third kappa shape index (κ3) is 4.84. The van der Waals surface area contributed by atoms with Crippen LogP contribution in [0.15, 0.2) is 47.5 Å². The van der Waals surface area contributed by atoms with Gasteiger partial charge >= 0.3 is 6.11 Å². The lowest BCUT2D eigenvalue weighted by molar-refractivity contribution is -0.194. The minimum atomic E-state index is -4.14. The highest BCUT2D eigenvalue weighted by atomic mass is 19.3. The van der Waals surface area contributed by atoms with E-state index in [0.717, 1.165) is 18.9 Å². The van der Waals surface area contributed by atoms with E-state index < -0.39 is 48.2 Å². The molecule has 0 bridgehead atoms.